The van der Waals surface area contributed by atoms with Crippen LogP contribution >= 0.6 is 11.6 Å². The van der Waals surface area contributed by atoms with Crippen molar-refractivity contribution in [1.29, 1.82) is 0 Å². The Kier molecular flexibility index (Phi) is 4.97. The van der Waals surface area contributed by atoms with E-state index in [0.717, 1.165) is 34.8 Å². The van der Waals surface area contributed by atoms with Crippen molar-refractivity contribution in [3.8, 4) is 0 Å². The molecule has 3 heteroatoms. The molecule has 2 nitrogen and oxygen atoms in total. The van der Waals surface area contributed by atoms with Crippen molar-refractivity contribution in [2.75, 3.05) is 0 Å². The van der Waals surface area contributed by atoms with E-state index in [-0.39, 0.29) is 6.61 Å². The number of rotatable bonds is 5. The molecule has 0 amide bonds. The minimum Gasteiger partial charge on any atom is -0.392 e. The van der Waals surface area contributed by atoms with E-state index in [1.54, 1.807) is 0 Å². The minimum absolute atomic E-state index is 0.0813. The molecule has 2 aromatic rings. The van der Waals surface area contributed by atoms with Gasteiger partial charge in [-0.3, -0.25) is 0 Å². The van der Waals surface area contributed by atoms with Gasteiger partial charge in [0.05, 0.1) is 6.61 Å². The van der Waals surface area contributed by atoms with Crippen LogP contribution in [0.5, 0.6) is 0 Å². The largest absolute Gasteiger partial charge is 0.392 e. The molecule has 100 valence electrons. The molecule has 0 aliphatic rings. The van der Waals surface area contributed by atoms with Gasteiger partial charge in [-0.05, 0) is 35.2 Å². The molecule has 0 bridgehead atoms. The maximum atomic E-state index is 9.26. The third-order valence-corrected chi connectivity index (χ3v) is 3.58. The van der Waals surface area contributed by atoms with Crippen molar-refractivity contribution < 1.29 is 5.11 Å². The molecule has 0 radical (unpaired) electrons. The minimum atomic E-state index is 0.0813. The summed E-state index contributed by atoms with van der Waals surface area (Å²) >= 11 is 6.00. The van der Waals surface area contributed by atoms with Crippen molar-refractivity contribution in [2.45, 2.75) is 26.6 Å². The molecule has 0 unspecified atom stereocenters. The fourth-order valence-corrected chi connectivity index (χ4v) is 2.16. The van der Waals surface area contributed by atoms with E-state index in [2.05, 4.69) is 11.4 Å². The number of aliphatic hydroxyl groups excluding tert-OH is 1. The van der Waals surface area contributed by atoms with Gasteiger partial charge in [0.2, 0.25) is 0 Å². The van der Waals surface area contributed by atoms with Gasteiger partial charge < -0.3 is 10.4 Å². The third kappa shape index (κ3) is 3.80. The fraction of sp³-hybridized carbons (Fsp3) is 0.250. The Balaban J connectivity index is 1.94. The van der Waals surface area contributed by atoms with Crippen LogP contribution in [0.1, 0.15) is 22.3 Å². The van der Waals surface area contributed by atoms with E-state index >= 15 is 0 Å². The molecule has 0 heterocycles. The average molecular weight is 276 g/mol. The molecule has 0 spiro atoms. The summed E-state index contributed by atoms with van der Waals surface area (Å²) in [5, 5.41) is 13.4. The van der Waals surface area contributed by atoms with Crippen molar-refractivity contribution >= 4 is 11.6 Å². The monoisotopic (exact) mass is 275 g/mol. The van der Waals surface area contributed by atoms with Gasteiger partial charge in [-0.25, -0.2) is 0 Å². The average Bonchev–Trinajstić information content (AvgIpc) is 2.43. The summed E-state index contributed by atoms with van der Waals surface area (Å²) in [6.45, 7) is 3.63. The van der Waals surface area contributed by atoms with Crippen molar-refractivity contribution in [3.05, 3.63) is 69.7 Å². The Labute approximate surface area is 119 Å². The standard InChI is InChI=1S/C16H18ClNO/c1-12-8-13(6-7-16(12)17)9-18-10-14-4-2-3-5-15(14)11-19/h2-8,18-19H,9-11H2,1H3. The molecule has 2 aromatic carbocycles. The molecule has 2 N–H and O–H groups in total. The summed E-state index contributed by atoms with van der Waals surface area (Å²) in [4.78, 5) is 0. The molecule has 0 aliphatic heterocycles. The molecule has 0 saturated carbocycles. The van der Waals surface area contributed by atoms with Gasteiger partial charge in [0, 0.05) is 18.1 Å². The lowest BCUT2D eigenvalue weighted by Crippen LogP contribution is -2.14. The number of hydrogen-bond acceptors (Lipinski definition) is 2. The highest BCUT2D eigenvalue weighted by Crippen LogP contribution is 2.16. The summed E-state index contributed by atoms with van der Waals surface area (Å²) in [5.41, 5.74) is 4.41. The van der Waals surface area contributed by atoms with Crippen LogP contribution in [-0.4, -0.2) is 5.11 Å². The first-order valence-electron chi connectivity index (χ1n) is 6.34. The summed E-state index contributed by atoms with van der Waals surface area (Å²) in [6.07, 6.45) is 0. The Bertz CT molecular complexity index is 554. The molecule has 0 aromatic heterocycles. The summed E-state index contributed by atoms with van der Waals surface area (Å²) in [7, 11) is 0. The number of halogens is 1. The van der Waals surface area contributed by atoms with E-state index in [9.17, 15) is 5.11 Å². The molecule has 19 heavy (non-hydrogen) atoms. The highest BCUT2D eigenvalue weighted by Gasteiger charge is 2.01. The maximum absolute atomic E-state index is 9.26. The van der Waals surface area contributed by atoms with Crippen molar-refractivity contribution in [2.24, 2.45) is 0 Å². The Hall–Kier alpha value is -1.35. The molecule has 0 saturated heterocycles. The normalized spacial score (nSPS) is 10.7. The molecular weight excluding hydrogens is 258 g/mol. The van der Waals surface area contributed by atoms with Gasteiger partial charge in [0.25, 0.3) is 0 Å². The zero-order chi connectivity index (χ0) is 13.7. The Morgan fingerprint density at radius 1 is 1.05 bits per heavy atom. The lowest BCUT2D eigenvalue weighted by Gasteiger charge is -2.09. The zero-order valence-corrected chi connectivity index (χ0v) is 11.7. The predicted molar refractivity (Wildman–Crippen MR) is 79.1 cm³/mol. The van der Waals surface area contributed by atoms with E-state index in [1.807, 2.05) is 43.3 Å². The van der Waals surface area contributed by atoms with Gasteiger partial charge in [-0.1, -0.05) is 48.0 Å². The maximum Gasteiger partial charge on any atom is 0.0685 e. The number of nitrogens with one attached hydrogen (secondary N) is 1. The Morgan fingerprint density at radius 3 is 2.47 bits per heavy atom. The summed E-state index contributed by atoms with van der Waals surface area (Å²) in [5.74, 6) is 0. The highest BCUT2D eigenvalue weighted by molar-refractivity contribution is 6.31. The van der Waals surface area contributed by atoms with Gasteiger partial charge in [-0.2, -0.15) is 0 Å². The quantitative estimate of drug-likeness (QED) is 0.876. The van der Waals surface area contributed by atoms with E-state index in [0.29, 0.717) is 0 Å². The second kappa shape index (κ2) is 6.71. The summed E-state index contributed by atoms with van der Waals surface area (Å²) in [6, 6.07) is 14.0. The fourth-order valence-electron chi connectivity index (χ4n) is 2.04. The first kappa shape index (κ1) is 14.1. The lowest BCUT2D eigenvalue weighted by atomic mass is 10.1. The predicted octanol–water partition coefficient (Wildman–Crippen LogP) is 3.43. The molecular formula is C16H18ClNO. The second-order valence-electron chi connectivity index (χ2n) is 4.61. The number of aliphatic hydroxyl groups is 1. The van der Waals surface area contributed by atoms with Crippen molar-refractivity contribution in [1.82, 2.24) is 5.32 Å². The van der Waals surface area contributed by atoms with Gasteiger partial charge >= 0.3 is 0 Å². The number of aryl methyl sites for hydroxylation is 1. The van der Waals surface area contributed by atoms with Crippen LogP contribution in [0.25, 0.3) is 0 Å². The molecule has 0 atom stereocenters. The molecule has 0 aliphatic carbocycles. The Morgan fingerprint density at radius 2 is 1.79 bits per heavy atom. The molecule has 0 fully saturated rings. The lowest BCUT2D eigenvalue weighted by molar-refractivity contribution is 0.280. The van der Waals surface area contributed by atoms with Gasteiger partial charge in [0.1, 0.15) is 0 Å². The zero-order valence-electron chi connectivity index (χ0n) is 11.0. The second-order valence-corrected chi connectivity index (χ2v) is 5.02. The van der Waals surface area contributed by atoms with Crippen LogP contribution in [0.15, 0.2) is 42.5 Å². The van der Waals surface area contributed by atoms with Crippen molar-refractivity contribution in [3.63, 3.8) is 0 Å². The smallest absolute Gasteiger partial charge is 0.0685 e. The van der Waals surface area contributed by atoms with Crippen LogP contribution in [0.2, 0.25) is 5.02 Å². The van der Waals surface area contributed by atoms with Crippen LogP contribution in [-0.2, 0) is 19.7 Å². The van der Waals surface area contributed by atoms with E-state index in [4.69, 9.17) is 11.6 Å². The summed E-state index contributed by atoms with van der Waals surface area (Å²) < 4.78 is 0. The first-order valence-corrected chi connectivity index (χ1v) is 6.72. The number of hydrogen-bond donors (Lipinski definition) is 2. The molecule has 2 rings (SSSR count). The van der Waals surface area contributed by atoms with Crippen LogP contribution in [0.3, 0.4) is 0 Å². The number of benzene rings is 2. The van der Waals surface area contributed by atoms with E-state index < -0.39 is 0 Å². The van der Waals surface area contributed by atoms with E-state index in [1.165, 1.54) is 5.56 Å². The van der Waals surface area contributed by atoms with Crippen LogP contribution < -0.4 is 5.32 Å². The first-order chi connectivity index (χ1) is 9.20. The third-order valence-electron chi connectivity index (χ3n) is 3.16. The van der Waals surface area contributed by atoms with Gasteiger partial charge in [-0.15, -0.1) is 0 Å². The van der Waals surface area contributed by atoms with Gasteiger partial charge in [0.15, 0.2) is 0 Å². The van der Waals surface area contributed by atoms with Crippen LogP contribution in [0.4, 0.5) is 0 Å². The SMILES string of the molecule is Cc1cc(CNCc2ccccc2CO)ccc1Cl. The van der Waals surface area contributed by atoms with Crippen LogP contribution in [0, 0.1) is 6.92 Å². The topological polar surface area (TPSA) is 32.3 Å². The highest BCUT2D eigenvalue weighted by atomic mass is 35.5.